The van der Waals surface area contributed by atoms with Crippen LogP contribution in [-0.2, 0) is 4.79 Å². The van der Waals surface area contributed by atoms with Crippen LogP contribution >= 0.6 is 0 Å². The first kappa shape index (κ1) is 16.8. The molecule has 122 valence electrons. The molecule has 0 aliphatic rings. The Morgan fingerprint density at radius 2 is 1.87 bits per heavy atom. The van der Waals surface area contributed by atoms with Crippen LogP contribution in [0.3, 0.4) is 0 Å². The van der Waals surface area contributed by atoms with Crippen molar-refractivity contribution in [2.75, 3.05) is 19.7 Å². The summed E-state index contributed by atoms with van der Waals surface area (Å²) < 4.78 is 11.0. The van der Waals surface area contributed by atoms with Crippen LogP contribution in [0.5, 0.6) is 17.4 Å². The quantitative estimate of drug-likeness (QED) is 0.692. The highest BCUT2D eigenvalue weighted by Gasteiger charge is 2.03. The Balaban J connectivity index is 1.73. The summed E-state index contributed by atoms with van der Waals surface area (Å²) in [5, 5.41) is 2.78. The van der Waals surface area contributed by atoms with Gasteiger partial charge < -0.3 is 20.5 Å². The smallest absolute Gasteiger partial charge is 0.257 e. The van der Waals surface area contributed by atoms with Crippen molar-refractivity contribution in [3.05, 3.63) is 48.7 Å². The molecule has 0 unspecified atom stereocenters. The lowest BCUT2D eigenvalue weighted by atomic mass is 10.3. The van der Waals surface area contributed by atoms with Gasteiger partial charge in [-0.3, -0.25) is 4.79 Å². The molecular weight excluding hydrogens is 294 g/mol. The van der Waals surface area contributed by atoms with Crippen molar-refractivity contribution < 1.29 is 14.3 Å². The highest BCUT2D eigenvalue weighted by atomic mass is 16.5. The minimum absolute atomic E-state index is 0.0108. The molecule has 0 saturated heterocycles. The predicted molar refractivity (Wildman–Crippen MR) is 87.5 cm³/mol. The fourth-order valence-corrected chi connectivity index (χ4v) is 1.83. The Labute approximate surface area is 135 Å². The summed E-state index contributed by atoms with van der Waals surface area (Å²) in [4.78, 5) is 15.7. The normalized spacial score (nSPS) is 10.1. The number of nitrogens with zero attached hydrogens (tertiary/aromatic N) is 1. The molecule has 1 aromatic carbocycles. The number of aromatic nitrogens is 1. The molecule has 1 aromatic heterocycles. The number of pyridine rings is 1. The zero-order valence-corrected chi connectivity index (χ0v) is 12.9. The van der Waals surface area contributed by atoms with Crippen molar-refractivity contribution >= 4 is 5.91 Å². The number of rotatable bonds is 9. The van der Waals surface area contributed by atoms with Crippen LogP contribution in [0.4, 0.5) is 0 Å². The molecule has 1 heterocycles. The van der Waals surface area contributed by atoms with E-state index in [4.69, 9.17) is 15.2 Å². The van der Waals surface area contributed by atoms with Crippen LogP contribution in [0.1, 0.15) is 12.8 Å². The summed E-state index contributed by atoms with van der Waals surface area (Å²) in [7, 11) is 0. The van der Waals surface area contributed by atoms with Crippen molar-refractivity contribution in [3.8, 4) is 17.4 Å². The van der Waals surface area contributed by atoms with Gasteiger partial charge in [-0.05, 0) is 49.7 Å². The molecule has 0 aliphatic carbocycles. The minimum atomic E-state index is -0.143. The summed E-state index contributed by atoms with van der Waals surface area (Å²) in [6.07, 6.45) is 3.44. The van der Waals surface area contributed by atoms with Gasteiger partial charge in [-0.25, -0.2) is 4.98 Å². The van der Waals surface area contributed by atoms with Crippen LogP contribution in [-0.4, -0.2) is 30.6 Å². The zero-order valence-electron chi connectivity index (χ0n) is 12.9. The van der Waals surface area contributed by atoms with E-state index in [2.05, 4.69) is 10.3 Å². The number of hydrogen-bond donors (Lipinski definition) is 2. The Hall–Kier alpha value is -2.60. The fourth-order valence-electron chi connectivity index (χ4n) is 1.83. The SMILES string of the molecule is NCCCCNC(=O)COc1ccc(Oc2ccccn2)cc1. The number of carbonyl (C=O) groups is 1. The van der Waals surface area contributed by atoms with E-state index in [9.17, 15) is 4.79 Å². The molecule has 0 spiro atoms. The van der Waals surface area contributed by atoms with E-state index < -0.39 is 0 Å². The van der Waals surface area contributed by atoms with Gasteiger partial charge in [0.25, 0.3) is 5.91 Å². The first-order valence-electron chi connectivity index (χ1n) is 7.56. The summed E-state index contributed by atoms with van der Waals surface area (Å²) in [6, 6.07) is 12.5. The average Bonchev–Trinajstić information content (AvgIpc) is 2.59. The van der Waals surface area contributed by atoms with E-state index in [1.54, 1.807) is 36.5 Å². The van der Waals surface area contributed by atoms with Crippen molar-refractivity contribution in [1.29, 1.82) is 0 Å². The Bertz CT molecular complexity index is 588. The third-order valence-corrected chi connectivity index (χ3v) is 3.01. The van der Waals surface area contributed by atoms with Crippen LogP contribution in [0.2, 0.25) is 0 Å². The maximum atomic E-state index is 11.6. The molecule has 6 heteroatoms. The lowest BCUT2D eigenvalue weighted by molar-refractivity contribution is -0.123. The molecule has 2 rings (SSSR count). The lowest BCUT2D eigenvalue weighted by Crippen LogP contribution is -2.29. The highest BCUT2D eigenvalue weighted by Crippen LogP contribution is 2.22. The largest absolute Gasteiger partial charge is 0.484 e. The molecule has 0 atom stereocenters. The second-order valence-corrected chi connectivity index (χ2v) is 4.88. The number of benzene rings is 1. The number of carbonyl (C=O) groups excluding carboxylic acids is 1. The lowest BCUT2D eigenvalue weighted by Gasteiger charge is -2.08. The Morgan fingerprint density at radius 3 is 2.57 bits per heavy atom. The van der Waals surface area contributed by atoms with Crippen molar-refractivity contribution in [2.24, 2.45) is 5.73 Å². The van der Waals surface area contributed by atoms with E-state index in [1.807, 2.05) is 12.1 Å². The third-order valence-electron chi connectivity index (χ3n) is 3.01. The van der Waals surface area contributed by atoms with E-state index in [1.165, 1.54) is 0 Å². The maximum absolute atomic E-state index is 11.6. The number of hydrogen-bond acceptors (Lipinski definition) is 5. The number of unbranched alkanes of at least 4 members (excludes halogenated alkanes) is 1. The number of nitrogens with two attached hydrogens (primary N) is 1. The van der Waals surface area contributed by atoms with E-state index in [0.29, 0.717) is 30.5 Å². The zero-order chi connectivity index (χ0) is 16.3. The molecule has 0 bridgehead atoms. The average molecular weight is 315 g/mol. The molecule has 1 amide bonds. The molecular formula is C17H21N3O3. The van der Waals surface area contributed by atoms with E-state index in [0.717, 1.165) is 12.8 Å². The van der Waals surface area contributed by atoms with Gasteiger partial charge in [-0.15, -0.1) is 0 Å². The standard InChI is InChI=1S/C17H21N3O3/c18-10-2-4-11-19-16(21)13-22-14-6-8-15(9-7-14)23-17-5-1-3-12-20-17/h1,3,5-9,12H,2,4,10-11,13,18H2,(H,19,21). The highest BCUT2D eigenvalue weighted by molar-refractivity contribution is 5.77. The molecule has 2 aromatic rings. The van der Waals surface area contributed by atoms with Crippen LogP contribution < -0.4 is 20.5 Å². The summed E-state index contributed by atoms with van der Waals surface area (Å²) in [6.45, 7) is 1.25. The summed E-state index contributed by atoms with van der Waals surface area (Å²) in [5.74, 6) is 1.65. The van der Waals surface area contributed by atoms with Gasteiger partial charge in [-0.2, -0.15) is 0 Å². The second kappa shape index (κ2) is 9.42. The van der Waals surface area contributed by atoms with Gasteiger partial charge >= 0.3 is 0 Å². The van der Waals surface area contributed by atoms with Gasteiger partial charge in [0.05, 0.1) is 0 Å². The number of nitrogens with one attached hydrogen (secondary N) is 1. The summed E-state index contributed by atoms with van der Waals surface area (Å²) >= 11 is 0. The van der Waals surface area contributed by atoms with Gasteiger partial charge in [0.15, 0.2) is 6.61 Å². The summed E-state index contributed by atoms with van der Waals surface area (Å²) in [5.41, 5.74) is 5.39. The molecule has 6 nitrogen and oxygen atoms in total. The Kier molecular flexibility index (Phi) is 6.87. The van der Waals surface area contributed by atoms with Crippen LogP contribution in [0, 0.1) is 0 Å². The molecule has 3 N–H and O–H groups in total. The van der Waals surface area contributed by atoms with Gasteiger partial charge in [0, 0.05) is 18.8 Å². The minimum Gasteiger partial charge on any atom is -0.484 e. The van der Waals surface area contributed by atoms with Crippen LogP contribution in [0.25, 0.3) is 0 Å². The maximum Gasteiger partial charge on any atom is 0.257 e. The first-order chi connectivity index (χ1) is 11.3. The van der Waals surface area contributed by atoms with Gasteiger partial charge in [0.2, 0.25) is 5.88 Å². The second-order valence-electron chi connectivity index (χ2n) is 4.88. The number of amides is 1. The van der Waals surface area contributed by atoms with Crippen molar-refractivity contribution in [3.63, 3.8) is 0 Å². The first-order valence-corrected chi connectivity index (χ1v) is 7.56. The predicted octanol–water partition coefficient (Wildman–Crippen LogP) is 2.11. The molecule has 0 aliphatic heterocycles. The molecule has 23 heavy (non-hydrogen) atoms. The van der Waals surface area contributed by atoms with Crippen LogP contribution in [0.15, 0.2) is 48.7 Å². The Morgan fingerprint density at radius 1 is 1.09 bits per heavy atom. The van der Waals surface area contributed by atoms with E-state index >= 15 is 0 Å². The van der Waals surface area contributed by atoms with Crippen molar-refractivity contribution in [1.82, 2.24) is 10.3 Å². The number of ether oxygens (including phenoxy) is 2. The topological polar surface area (TPSA) is 86.5 Å². The third kappa shape index (κ3) is 6.36. The van der Waals surface area contributed by atoms with Gasteiger partial charge in [0.1, 0.15) is 11.5 Å². The fraction of sp³-hybridized carbons (Fsp3) is 0.294. The van der Waals surface area contributed by atoms with Gasteiger partial charge in [-0.1, -0.05) is 6.07 Å². The molecule has 0 radical (unpaired) electrons. The molecule has 0 fully saturated rings. The monoisotopic (exact) mass is 315 g/mol. The molecule has 0 saturated carbocycles. The van der Waals surface area contributed by atoms with Crippen molar-refractivity contribution in [2.45, 2.75) is 12.8 Å². The van der Waals surface area contributed by atoms with E-state index in [-0.39, 0.29) is 12.5 Å².